The van der Waals surface area contributed by atoms with Gasteiger partial charge in [-0.2, -0.15) is 0 Å². The third kappa shape index (κ3) is 4.72. The first-order valence-electron chi connectivity index (χ1n) is 9.80. The maximum absolute atomic E-state index is 12.7. The van der Waals surface area contributed by atoms with Crippen LogP contribution in [0.2, 0.25) is 0 Å². The highest BCUT2D eigenvalue weighted by atomic mass is 16.5. The molecule has 1 aromatic carbocycles. The number of aliphatic hydroxyl groups excluding tert-OH is 1. The van der Waals surface area contributed by atoms with Gasteiger partial charge in [-0.1, -0.05) is 26.0 Å². The standard InChI is InChI=1S/C21H28N2O5/c1-15(2)14-28-17-6-4-16(5-7-17)18-19(24)21(26)23(20(18)25)9-3-8-22-10-12-27-13-11-22/h4-7,15,24H,3,8-14H2,1-2H3. The van der Waals surface area contributed by atoms with Gasteiger partial charge in [0.05, 0.1) is 25.4 Å². The Bertz CT molecular complexity index is 736. The van der Waals surface area contributed by atoms with Gasteiger partial charge in [0, 0.05) is 26.2 Å². The summed E-state index contributed by atoms with van der Waals surface area (Å²) < 4.78 is 11.0. The average molecular weight is 388 g/mol. The van der Waals surface area contributed by atoms with Crippen molar-refractivity contribution in [1.29, 1.82) is 0 Å². The molecule has 0 aliphatic carbocycles. The van der Waals surface area contributed by atoms with Crippen LogP contribution < -0.4 is 4.74 Å². The number of morpholine rings is 1. The molecule has 0 atom stereocenters. The van der Waals surface area contributed by atoms with Crippen molar-refractivity contribution >= 4 is 17.4 Å². The molecule has 28 heavy (non-hydrogen) atoms. The number of hydrogen-bond donors (Lipinski definition) is 1. The van der Waals surface area contributed by atoms with E-state index in [0.717, 1.165) is 24.5 Å². The van der Waals surface area contributed by atoms with Gasteiger partial charge < -0.3 is 14.6 Å². The Balaban J connectivity index is 1.60. The van der Waals surface area contributed by atoms with Crippen molar-refractivity contribution in [2.75, 3.05) is 46.0 Å². The smallest absolute Gasteiger partial charge is 0.296 e. The fourth-order valence-corrected chi connectivity index (χ4v) is 3.28. The summed E-state index contributed by atoms with van der Waals surface area (Å²) in [5.41, 5.74) is 0.579. The largest absolute Gasteiger partial charge is 0.502 e. The van der Waals surface area contributed by atoms with Gasteiger partial charge >= 0.3 is 0 Å². The highest BCUT2D eigenvalue weighted by Crippen LogP contribution is 2.29. The van der Waals surface area contributed by atoms with Crippen LogP contribution in [0.4, 0.5) is 0 Å². The third-order valence-corrected chi connectivity index (χ3v) is 4.83. The molecule has 0 radical (unpaired) electrons. The predicted molar refractivity (Wildman–Crippen MR) is 105 cm³/mol. The molecule has 3 rings (SSSR count). The van der Waals surface area contributed by atoms with Crippen LogP contribution in [-0.2, 0) is 14.3 Å². The minimum absolute atomic E-state index is 0.0618. The molecule has 1 N–H and O–H groups in total. The molecule has 0 saturated carbocycles. The number of carbonyl (C=O) groups excluding carboxylic acids is 2. The van der Waals surface area contributed by atoms with Crippen LogP contribution in [0, 0.1) is 5.92 Å². The first-order valence-corrected chi connectivity index (χ1v) is 9.80. The van der Waals surface area contributed by atoms with Gasteiger partial charge in [0.2, 0.25) is 0 Å². The first kappa shape index (κ1) is 20.4. The zero-order chi connectivity index (χ0) is 20.1. The lowest BCUT2D eigenvalue weighted by Gasteiger charge is -2.27. The Hall–Kier alpha value is -2.38. The monoisotopic (exact) mass is 388 g/mol. The summed E-state index contributed by atoms with van der Waals surface area (Å²) in [7, 11) is 0. The van der Waals surface area contributed by atoms with Crippen molar-refractivity contribution in [2.24, 2.45) is 5.92 Å². The molecule has 2 amide bonds. The minimum Gasteiger partial charge on any atom is -0.502 e. The number of hydrogen-bond acceptors (Lipinski definition) is 6. The van der Waals surface area contributed by atoms with Gasteiger partial charge in [0.15, 0.2) is 5.76 Å². The Morgan fingerprint density at radius 1 is 1.07 bits per heavy atom. The molecule has 1 fully saturated rings. The first-order chi connectivity index (χ1) is 13.5. The van der Waals surface area contributed by atoms with E-state index in [9.17, 15) is 14.7 Å². The summed E-state index contributed by atoms with van der Waals surface area (Å²) in [6.45, 7) is 8.96. The normalized spacial score (nSPS) is 18.5. The highest BCUT2D eigenvalue weighted by Gasteiger charge is 2.38. The molecule has 152 valence electrons. The van der Waals surface area contributed by atoms with Crippen molar-refractivity contribution in [1.82, 2.24) is 9.80 Å². The van der Waals surface area contributed by atoms with Crippen LogP contribution in [0.15, 0.2) is 30.0 Å². The van der Waals surface area contributed by atoms with E-state index in [-0.39, 0.29) is 12.1 Å². The molecule has 2 aliphatic rings. The number of aliphatic hydroxyl groups is 1. The maximum Gasteiger partial charge on any atom is 0.296 e. The number of nitrogens with zero attached hydrogens (tertiary/aromatic N) is 2. The summed E-state index contributed by atoms with van der Waals surface area (Å²) in [6.07, 6.45) is 0.667. The molecule has 7 heteroatoms. The van der Waals surface area contributed by atoms with Gasteiger partial charge in [-0.05, 0) is 30.0 Å². The van der Waals surface area contributed by atoms with E-state index >= 15 is 0 Å². The van der Waals surface area contributed by atoms with Crippen molar-refractivity contribution in [3.63, 3.8) is 0 Å². The Labute approximate surface area is 165 Å². The van der Waals surface area contributed by atoms with E-state index in [0.29, 0.717) is 43.5 Å². The van der Waals surface area contributed by atoms with E-state index < -0.39 is 17.6 Å². The Kier molecular flexibility index (Phi) is 6.70. The van der Waals surface area contributed by atoms with Gasteiger partial charge in [-0.15, -0.1) is 0 Å². The fourth-order valence-electron chi connectivity index (χ4n) is 3.28. The summed E-state index contributed by atoms with van der Waals surface area (Å²) >= 11 is 0. The van der Waals surface area contributed by atoms with E-state index in [4.69, 9.17) is 9.47 Å². The second-order valence-corrected chi connectivity index (χ2v) is 7.52. The van der Waals surface area contributed by atoms with Crippen LogP contribution in [0.25, 0.3) is 5.57 Å². The fraction of sp³-hybridized carbons (Fsp3) is 0.524. The predicted octanol–water partition coefficient (Wildman–Crippen LogP) is 2.08. The molecule has 2 aliphatic heterocycles. The molecule has 1 aromatic rings. The quantitative estimate of drug-likeness (QED) is 0.687. The number of amides is 2. The van der Waals surface area contributed by atoms with E-state index in [1.807, 2.05) is 0 Å². The zero-order valence-corrected chi connectivity index (χ0v) is 16.5. The maximum atomic E-state index is 12.7. The lowest BCUT2D eigenvalue weighted by atomic mass is 10.1. The van der Waals surface area contributed by atoms with Gasteiger partial charge in [0.1, 0.15) is 5.75 Å². The third-order valence-electron chi connectivity index (χ3n) is 4.83. The molecule has 0 aromatic heterocycles. The van der Waals surface area contributed by atoms with Gasteiger partial charge in [-0.25, -0.2) is 0 Å². The van der Waals surface area contributed by atoms with Crippen molar-refractivity contribution in [3.05, 3.63) is 35.6 Å². The number of benzene rings is 1. The number of imide groups is 1. The van der Waals surface area contributed by atoms with Gasteiger partial charge in [0.25, 0.3) is 11.8 Å². The summed E-state index contributed by atoms with van der Waals surface area (Å²) in [6, 6.07) is 6.89. The second-order valence-electron chi connectivity index (χ2n) is 7.52. The van der Waals surface area contributed by atoms with Crippen molar-refractivity contribution in [3.8, 4) is 5.75 Å². The number of rotatable bonds is 8. The summed E-state index contributed by atoms with van der Waals surface area (Å²) in [5, 5.41) is 10.3. The zero-order valence-electron chi connectivity index (χ0n) is 16.5. The molecular formula is C21H28N2O5. The van der Waals surface area contributed by atoms with Crippen LogP contribution in [0.3, 0.4) is 0 Å². The molecule has 2 heterocycles. The van der Waals surface area contributed by atoms with Crippen LogP contribution in [0.5, 0.6) is 5.75 Å². The van der Waals surface area contributed by atoms with Crippen LogP contribution >= 0.6 is 0 Å². The number of carbonyl (C=O) groups is 2. The van der Waals surface area contributed by atoms with E-state index in [1.54, 1.807) is 24.3 Å². The lowest BCUT2D eigenvalue weighted by Crippen LogP contribution is -2.39. The molecule has 0 spiro atoms. The average Bonchev–Trinajstić information content (AvgIpc) is 2.91. The molecule has 1 saturated heterocycles. The number of ether oxygens (including phenoxy) is 2. The second kappa shape index (κ2) is 9.21. The Morgan fingerprint density at radius 3 is 2.39 bits per heavy atom. The highest BCUT2D eigenvalue weighted by molar-refractivity contribution is 6.34. The van der Waals surface area contributed by atoms with E-state index in [1.165, 1.54) is 0 Å². The summed E-state index contributed by atoms with van der Waals surface area (Å²) in [5.74, 6) is -0.446. The molecular weight excluding hydrogens is 360 g/mol. The van der Waals surface area contributed by atoms with Crippen molar-refractivity contribution in [2.45, 2.75) is 20.3 Å². The van der Waals surface area contributed by atoms with Crippen molar-refractivity contribution < 1.29 is 24.2 Å². The summed E-state index contributed by atoms with van der Waals surface area (Å²) in [4.78, 5) is 28.5. The molecule has 0 unspecified atom stereocenters. The van der Waals surface area contributed by atoms with Gasteiger partial charge in [-0.3, -0.25) is 19.4 Å². The molecule has 0 bridgehead atoms. The minimum atomic E-state index is -0.623. The topological polar surface area (TPSA) is 79.3 Å². The molecule has 7 nitrogen and oxygen atoms in total. The van der Waals surface area contributed by atoms with Crippen LogP contribution in [-0.4, -0.2) is 72.7 Å². The Morgan fingerprint density at radius 2 is 1.75 bits per heavy atom. The SMILES string of the molecule is CC(C)COc1ccc(C2=C(O)C(=O)N(CCCN3CCOCC3)C2=O)cc1. The van der Waals surface area contributed by atoms with E-state index in [2.05, 4.69) is 18.7 Å². The van der Waals surface area contributed by atoms with Crippen LogP contribution in [0.1, 0.15) is 25.8 Å². The lowest BCUT2D eigenvalue weighted by molar-refractivity contribution is -0.138.